The fourth-order valence-corrected chi connectivity index (χ4v) is 5.22. The van der Waals surface area contributed by atoms with Crippen LogP contribution in [0, 0.1) is 17.8 Å². The number of rotatable bonds is 5. The van der Waals surface area contributed by atoms with Gasteiger partial charge in [0.1, 0.15) is 11.5 Å². The summed E-state index contributed by atoms with van der Waals surface area (Å²) >= 11 is 0. The largest absolute Gasteiger partial charge is 0.508 e. The molecule has 182 valence electrons. The molecule has 2 aliphatic carbocycles. The molecular formula is C29H43NO3. The van der Waals surface area contributed by atoms with Crippen LogP contribution in [-0.2, 0) is 22.0 Å². The Labute approximate surface area is 200 Å². The van der Waals surface area contributed by atoms with E-state index in [9.17, 15) is 15.0 Å². The number of nitrogens with one attached hydrogen (secondary N) is 1. The molecular weight excluding hydrogens is 410 g/mol. The first kappa shape index (κ1) is 25.4. The van der Waals surface area contributed by atoms with Crippen LogP contribution in [0.3, 0.4) is 0 Å². The van der Waals surface area contributed by atoms with Gasteiger partial charge in [0, 0.05) is 12.5 Å². The molecule has 2 unspecified atom stereocenters. The topological polar surface area (TPSA) is 69.6 Å². The third-order valence-electron chi connectivity index (χ3n) is 7.38. The Morgan fingerprint density at radius 3 is 2.06 bits per heavy atom. The van der Waals surface area contributed by atoms with Crippen molar-refractivity contribution in [3.63, 3.8) is 0 Å². The van der Waals surface area contributed by atoms with Crippen LogP contribution in [0.5, 0.6) is 5.75 Å². The van der Waals surface area contributed by atoms with Gasteiger partial charge in [-0.2, -0.15) is 0 Å². The highest BCUT2D eigenvalue weighted by Gasteiger charge is 2.38. The van der Waals surface area contributed by atoms with Gasteiger partial charge in [0.05, 0.1) is 0 Å². The maximum absolute atomic E-state index is 12.7. The van der Waals surface area contributed by atoms with Gasteiger partial charge in [-0.05, 0) is 83.1 Å². The molecule has 1 aromatic carbocycles. The lowest BCUT2D eigenvalue weighted by Crippen LogP contribution is -2.47. The number of hydrogen-bond donors (Lipinski definition) is 3. The summed E-state index contributed by atoms with van der Waals surface area (Å²) in [5.74, 6) is 2.22. The van der Waals surface area contributed by atoms with Gasteiger partial charge in [-0.25, -0.2) is 0 Å². The first-order chi connectivity index (χ1) is 15.2. The van der Waals surface area contributed by atoms with Gasteiger partial charge in [0.2, 0.25) is 5.91 Å². The van der Waals surface area contributed by atoms with Crippen molar-refractivity contribution in [3.8, 4) is 5.75 Å². The Hall–Kier alpha value is -2.23. The van der Waals surface area contributed by atoms with Gasteiger partial charge < -0.3 is 15.5 Å². The van der Waals surface area contributed by atoms with E-state index < -0.39 is 0 Å². The van der Waals surface area contributed by atoms with E-state index in [1.807, 2.05) is 13.0 Å². The number of benzene rings is 1. The number of aliphatic hydroxyl groups excluding tert-OH is 1. The van der Waals surface area contributed by atoms with Crippen LogP contribution in [0.4, 0.5) is 0 Å². The third-order valence-corrected chi connectivity index (χ3v) is 7.38. The molecule has 2 aliphatic rings. The van der Waals surface area contributed by atoms with Crippen molar-refractivity contribution < 1.29 is 15.0 Å². The lowest BCUT2D eigenvalue weighted by molar-refractivity contribution is -0.122. The van der Waals surface area contributed by atoms with Crippen molar-refractivity contribution in [2.75, 3.05) is 0 Å². The monoisotopic (exact) mass is 453 g/mol. The van der Waals surface area contributed by atoms with Crippen LogP contribution < -0.4 is 5.32 Å². The fourth-order valence-electron chi connectivity index (χ4n) is 5.22. The molecule has 0 aliphatic heterocycles. The molecule has 1 aromatic rings. The van der Waals surface area contributed by atoms with Crippen molar-refractivity contribution >= 4 is 5.91 Å². The maximum atomic E-state index is 12.7. The minimum absolute atomic E-state index is 0.0992. The molecule has 33 heavy (non-hydrogen) atoms. The predicted molar refractivity (Wildman–Crippen MR) is 136 cm³/mol. The number of amides is 1. The summed E-state index contributed by atoms with van der Waals surface area (Å²) in [6, 6.07) is 4.39. The second-order valence-electron chi connectivity index (χ2n) is 12.4. The number of phenols is 1. The zero-order chi connectivity index (χ0) is 24.7. The van der Waals surface area contributed by atoms with E-state index in [-0.39, 0.29) is 22.8 Å². The quantitative estimate of drug-likeness (QED) is 0.478. The van der Waals surface area contributed by atoms with Crippen LogP contribution in [0.2, 0.25) is 0 Å². The molecule has 0 aromatic heterocycles. The van der Waals surface area contributed by atoms with Gasteiger partial charge in [0.15, 0.2) is 0 Å². The van der Waals surface area contributed by atoms with Gasteiger partial charge in [-0.3, -0.25) is 4.79 Å². The number of aryl methyl sites for hydroxylation is 1. The zero-order valence-corrected chi connectivity index (χ0v) is 21.7. The molecule has 2 atom stereocenters. The van der Waals surface area contributed by atoms with Crippen LogP contribution in [-0.4, -0.2) is 22.2 Å². The first-order valence-corrected chi connectivity index (χ1v) is 12.4. The molecule has 0 bridgehead atoms. The molecule has 4 heteroatoms. The van der Waals surface area contributed by atoms with Gasteiger partial charge in [-0.1, -0.05) is 66.7 Å². The van der Waals surface area contributed by atoms with E-state index in [1.54, 1.807) is 0 Å². The van der Waals surface area contributed by atoms with Crippen molar-refractivity contribution in [2.45, 2.75) is 97.9 Å². The third kappa shape index (κ3) is 5.83. The second kappa shape index (κ2) is 9.19. The lowest BCUT2D eigenvalue weighted by Gasteiger charge is -2.42. The van der Waals surface area contributed by atoms with Crippen molar-refractivity contribution in [3.05, 3.63) is 52.3 Å². The van der Waals surface area contributed by atoms with Crippen LogP contribution in [0.1, 0.15) is 91.3 Å². The predicted octanol–water partition coefficient (Wildman–Crippen LogP) is 6.47. The average Bonchev–Trinajstić information content (AvgIpc) is 2.65. The Kier molecular flexibility index (Phi) is 7.07. The smallest absolute Gasteiger partial charge is 0.220 e. The molecule has 3 N–H and O–H groups in total. The van der Waals surface area contributed by atoms with Gasteiger partial charge >= 0.3 is 0 Å². The van der Waals surface area contributed by atoms with Crippen LogP contribution >= 0.6 is 0 Å². The number of phenolic OH excluding ortho intramolecular Hbond substituents is 1. The van der Waals surface area contributed by atoms with Crippen LogP contribution in [0.15, 0.2) is 35.6 Å². The van der Waals surface area contributed by atoms with E-state index >= 15 is 0 Å². The molecule has 1 saturated carbocycles. The summed E-state index contributed by atoms with van der Waals surface area (Å²) in [5.41, 5.74) is 3.61. The highest BCUT2D eigenvalue weighted by molar-refractivity contribution is 5.76. The standard InChI is InChI=1S/C29H43NO3/c1-17-12-25(31)18(2)11-22(17)20-15-21(16-20)30-26(32)10-9-19-13-23(28(3,4)5)27(33)24(14-19)29(6,7)8/h11-14,17,20-22,31,33H,9-10,15-16H2,1-8H3,(H,30,32). The minimum Gasteiger partial charge on any atom is -0.508 e. The normalized spacial score (nSPS) is 25.7. The SMILES string of the molecule is CC1=CC(C2CC(NC(=O)CCc3cc(C(C)(C)C)c(O)c(C(C)(C)C)c3)C2)C(C)C=C1O. The average molecular weight is 454 g/mol. The number of carbonyl (C=O) groups is 1. The summed E-state index contributed by atoms with van der Waals surface area (Å²) in [7, 11) is 0. The number of aromatic hydroxyl groups is 1. The summed E-state index contributed by atoms with van der Waals surface area (Å²) in [6.45, 7) is 16.8. The van der Waals surface area contributed by atoms with E-state index in [2.05, 4.69) is 72.0 Å². The second-order valence-corrected chi connectivity index (χ2v) is 12.4. The van der Waals surface area contributed by atoms with Crippen LogP contribution in [0.25, 0.3) is 0 Å². The summed E-state index contributed by atoms with van der Waals surface area (Å²) in [4.78, 5) is 12.7. The molecule has 3 rings (SSSR count). The Morgan fingerprint density at radius 1 is 1.00 bits per heavy atom. The molecule has 0 spiro atoms. The van der Waals surface area contributed by atoms with E-state index in [0.717, 1.165) is 35.1 Å². The molecule has 0 saturated heterocycles. The summed E-state index contributed by atoms with van der Waals surface area (Å²) in [6.07, 6.45) is 7.28. The number of carbonyl (C=O) groups excluding carboxylic acids is 1. The highest BCUT2D eigenvalue weighted by Crippen LogP contribution is 2.42. The van der Waals surface area contributed by atoms with Gasteiger partial charge in [-0.15, -0.1) is 0 Å². The lowest BCUT2D eigenvalue weighted by atomic mass is 9.66. The molecule has 0 radical (unpaired) electrons. The number of allylic oxidation sites excluding steroid dienone is 3. The number of aliphatic hydroxyl groups is 1. The molecule has 1 fully saturated rings. The van der Waals surface area contributed by atoms with E-state index in [0.29, 0.717) is 42.1 Å². The Morgan fingerprint density at radius 2 is 1.55 bits per heavy atom. The summed E-state index contributed by atoms with van der Waals surface area (Å²) in [5, 5.41) is 24.0. The fraction of sp³-hybridized carbons (Fsp3) is 0.621. The van der Waals surface area contributed by atoms with E-state index in [1.165, 1.54) is 0 Å². The molecule has 4 nitrogen and oxygen atoms in total. The van der Waals surface area contributed by atoms with Crippen molar-refractivity contribution in [1.82, 2.24) is 5.32 Å². The van der Waals surface area contributed by atoms with Gasteiger partial charge in [0.25, 0.3) is 0 Å². The zero-order valence-electron chi connectivity index (χ0n) is 21.7. The Bertz CT molecular complexity index is 917. The maximum Gasteiger partial charge on any atom is 0.220 e. The number of hydrogen-bond acceptors (Lipinski definition) is 3. The first-order valence-electron chi connectivity index (χ1n) is 12.4. The van der Waals surface area contributed by atoms with Crippen molar-refractivity contribution in [1.29, 1.82) is 0 Å². The van der Waals surface area contributed by atoms with E-state index in [4.69, 9.17) is 0 Å². The molecule has 0 heterocycles. The Balaban J connectivity index is 1.58. The van der Waals surface area contributed by atoms with Crippen molar-refractivity contribution in [2.24, 2.45) is 17.8 Å². The molecule has 1 amide bonds. The highest BCUT2D eigenvalue weighted by atomic mass is 16.3. The summed E-state index contributed by atoms with van der Waals surface area (Å²) < 4.78 is 0. The minimum atomic E-state index is -0.168.